The van der Waals surface area contributed by atoms with Crippen LogP contribution in [0.25, 0.3) is 0 Å². The zero-order valence-electron chi connectivity index (χ0n) is 11.0. The van der Waals surface area contributed by atoms with Gasteiger partial charge >= 0.3 is 5.97 Å². The van der Waals surface area contributed by atoms with Crippen molar-refractivity contribution in [1.29, 1.82) is 0 Å². The lowest BCUT2D eigenvalue weighted by Gasteiger charge is -2.27. The van der Waals surface area contributed by atoms with Crippen LogP contribution in [0.3, 0.4) is 0 Å². The lowest BCUT2D eigenvalue weighted by molar-refractivity contribution is -0.151. The molecule has 1 aliphatic heterocycles. The van der Waals surface area contributed by atoms with Gasteiger partial charge in [0.05, 0.1) is 18.6 Å². The topological polar surface area (TPSA) is 55.8 Å². The number of carboxylic acid groups (broad SMARTS) is 1. The largest absolute Gasteiger partial charge is 0.494 e. The third-order valence-corrected chi connectivity index (χ3v) is 3.89. The Kier molecular flexibility index (Phi) is 3.75. The maximum absolute atomic E-state index is 14.1. The number of hydrogen-bond donors (Lipinski definition) is 1. The first-order valence-corrected chi connectivity index (χ1v) is 6.17. The van der Waals surface area contributed by atoms with Crippen molar-refractivity contribution < 1.29 is 23.8 Å². The van der Waals surface area contributed by atoms with Gasteiger partial charge < -0.3 is 14.6 Å². The van der Waals surface area contributed by atoms with Gasteiger partial charge in [-0.3, -0.25) is 4.79 Å². The monoisotopic (exact) mass is 268 g/mol. The standard InChI is InChI=1S/C14H17FO4/c1-9-14(13(16)17,6-7-19-9)8-10-4-3-5-11(18-2)12(10)15/h3-5,9H,6-8H2,1-2H3,(H,16,17). The first-order valence-electron chi connectivity index (χ1n) is 6.17. The first kappa shape index (κ1) is 13.8. The van der Waals surface area contributed by atoms with Gasteiger partial charge in [0, 0.05) is 6.61 Å². The summed E-state index contributed by atoms with van der Waals surface area (Å²) in [5.74, 6) is -1.31. The third kappa shape index (κ3) is 2.30. The Balaban J connectivity index is 2.36. The minimum Gasteiger partial charge on any atom is -0.494 e. The molecule has 0 spiro atoms. The first-order chi connectivity index (χ1) is 9.01. The average molecular weight is 268 g/mol. The summed E-state index contributed by atoms with van der Waals surface area (Å²) in [5.41, 5.74) is -0.716. The minimum atomic E-state index is -1.06. The third-order valence-electron chi connectivity index (χ3n) is 3.89. The van der Waals surface area contributed by atoms with Crippen LogP contribution in [0.5, 0.6) is 5.75 Å². The molecular weight excluding hydrogens is 251 g/mol. The fourth-order valence-electron chi connectivity index (χ4n) is 2.56. The predicted molar refractivity (Wildman–Crippen MR) is 66.8 cm³/mol. The zero-order chi connectivity index (χ0) is 14.0. The van der Waals surface area contributed by atoms with E-state index >= 15 is 0 Å². The molecular formula is C14H17FO4. The van der Waals surface area contributed by atoms with E-state index in [0.717, 1.165) is 0 Å². The Hall–Kier alpha value is -1.62. The maximum Gasteiger partial charge on any atom is 0.312 e. The van der Waals surface area contributed by atoms with Gasteiger partial charge in [-0.25, -0.2) is 4.39 Å². The van der Waals surface area contributed by atoms with Crippen LogP contribution in [0.2, 0.25) is 0 Å². The van der Waals surface area contributed by atoms with E-state index in [1.54, 1.807) is 19.1 Å². The molecule has 0 aromatic heterocycles. The number of rotatable bonds is 4. The summed E-state index contributed by atoms with van der Waals surface area (Å²) >= 11 is 0. The van der Waals surface area contributed by atoms with Gasteiger partial charge in [0.1, 0.15) is 0 Å². The van der Waals surface area contributed by atoms with Gasteiger partial charge in [0.15, 0.2) is 11.6 Å². The fourth-order valence-corrected chi connectivity index (χ4v) is 2.56. The number of halogens is 1. The SMILES string of the molecule is COc1cccc(CC2(C(=O)O)CCOC2C)c1F. The predicted octanol–water partition coefficient (Wildman–Crippen LogP) is 2.26. The molecule has 2 rings (SSSR count). The Morgan fingerprint density at radius 3 is 2.89 bits per heavy atom. The highest BCUT2D eigenvalue weighted by atomic mass is 19.1. The highest BCUT2D eigenvalue weighted by Crippen LogP contribution is 2.39. The number of ether oxygens (including phenoxy) is 2. The lowest BCUT2D eigenvalue weighted by Crippen LogP contribution is -2.39. The molecule has 1 fully saturated rings. The van der Waals surface area contributed by atoms with Crippen LogP contribution >= 0.6 is 0 Å². The maximum atomic E-state index is 14.1. The van der Waals surface area contributed by atoms with Gasteiger partial charge in [-0.15, -0.1) is 0 Å². The van der Waals surface area contributed by atoms with Crippen molar-refractivity contribution in [3.63, 3.8) is 0 Å². The van der Waals surface area contributed by atoms with Gasteiger partial charge in [-0.1, -0.05) is 12.1 Å². The van der Waals surface area contributed by atoms with E-state index in [9.17, 15) is 14.3 Å². The van der Waals surface area contributed by atoms with Crippen LogP contribution in [0, 0.1) is 11.2 Å². The normalized spacial score (nSPS) is 26.4. The number of carboxylic acids is 1. The molecule has 0 aliphatic carbocycles. The van der Waals surface area contributed by atoms with E-state index in [1.165, 1.54) is 13.2 Å². The van der Waals surface area contributed by atoms with Gasteiger partial charge in [-0.05, 0) is 31.4 Å². The van der Waals surface area contributed by atoms with Crippen LogP contribution in [-0.2, 0) is 16.0 Å². The minimum absolute atomic E-state index is 0.104. The Morgan fingerprint density at radius 2 is 2.37 bits per heavy atom. The van der Waals surface area contributed by atoms with Crippen molar-refractivity contribution in [2.24, 2.45) is 5.41 Å². The van der Waals surface area contributed by atoms with Gasteiger partial charge in [0.25, 0.3) is 0 Å². The molecule has 2 unspecified atom stereocenters. The van der Waals surface area contributed by atoms with Gasteiger partial charge in [0.2, 0.25) is 0 Å². The number of methoxy groups -OCH3 is 1. The summed E-state index contributed by atoms with van der Waals surface area (Å²) in [7, 11) is 1.39. The summed E-state index contributed by atoms with van der Waals surface area (Å²) in [6.45, 7) is 2.11. The molecule has 1 aromatic rings. The van der Waals surface area contributed by atoms with E-state index in [2.05, 4.69) is 0 Å². The van der Waals surface area contributed by atoms with Crippen LogP contribution in [0.15, 0.2) is 18.2 Å². The summed E-state index contributed by atoms with van der Waals surface area (Å²) in [6, 6.07) is 4.77. The fraction of sp³-hybridized carbons (Fsp3) is 0.500. The van der Waals surface area contributed by atoms with E-state index in [4.69, 9.17) is 9.47 Å². The average Bonchev–Trinajstić information content (AvgIpc) is 2.75. The molecule has 0 saturated carbocycles. The second kappa shape index (κ2) is 5.17. The van der Waals surface area contributed by atoms with Crippen molar-refractivity contribution >= 4 is 5.97 Å². The van der Waals surface area contributed by atoms with Crippen molar-refractivity contribution in [2.75, 3.05) is 13.7 Å². The summed E-state index contributed by atoms with van der Waals surface area (Å²) in [5, 5.41) is 9.48. The molecule has 1 saturated heterocycles. The van der Waals surface area contributed by atoms with Crippen LogP contribution in [0.4, 0.5) is 4.39 Å². The molecule has 0 radical (unpaired) electrons. The highest BCUT2D eigenvalue weighted by Gasteiger charge is 2.48. The lowest BCUT2D eigenvalue weighted by atomic mass is 9.76. The van der Waals surface area contributed by atoms with E-state index < -0.39 is 23.3 Å². The van der Waals surface area contributed by atoms with E-state index in [0.29, 0.717) is 18.6 Å². The van der Waals surface area contributed by atoms with E-state index in [1.807, 2.05) is 0 Å². The summed E-state index contributed by atoms with van der Waals surface area (Å²) in [6.07, 6.45) is 0.0581. The molecule has 4 nitrogen and oxygen atoms in total. The molecule has 2 atom stereocenters. The Bertz CT molecular complexity index is 488. The van der Waals surface area contributed by atoms with Crippen LogP contribution in [-0.4, -0.2) is 30.9 Å². The number of benzene rings is 1. The zero-order valence-corrected chi connectivity index (χ0v) is 11.0. The quantitative estimate of drug-likeness (QED) is 0.910. The molecule has 0 bridgehead atoms. The molecule has 1 N–H and O–H groups in total. The molecule has 19 heavy (non-hydrogen) atoms. The highest BCUT2D eigenvalue weighted by molar-refractivity contribution is 5.76. The molecule has 5 heteroatoms. The van der Waals surface area contributed by atoms with Crippen molar-refractivity contribution in [2.45, 2.75) is 25.9 Å². The summed E-state index contributed by atoms with van der Waals surface area (Å²) in [4.78, 5) is 11.6. The number of carbonyl (C=O) groups is 1. The smallest absolute Gasteiger partial charge is 0.312 e. The van der Waals surface area contributed by atoms with Crippen molar-refractivity contribution in [1.82, 2.24) is 0 Å². The molecule has 0 amide bonds. The Labute approximate surface area is 111 Å². The Morgan fingerprint density at radius 1 is 1.63 bits per heavy atom. The molecule has 1 aliphatic rings. The second-order valence-corrected chi connectivity index (χ2v) is 4.83. The van der Waals surface area contributed by atoms with Crippen LogP contribution in [0.1, 0.15) is 18.9 Å². The molecule has 1 aromatic carbocycles. The van der Waals surface area contributed by atoms with Gasteiger partial charge in [-0.2, -0.15) is 0 Å². The second-order valence-electron chi connectivity index (χ2n) is 4.83. The van der Waals surface area contributed by atoms with Crippen LogP contribution < -0.4 is 4.74 Å². The van der Waals surface area contributed by atoms with Crippen molar-refractivity contribution in [3.8, 4) is 5.75 Å². The number of hydrogen-bond acceptors (Lipinski definition) is 3. The summed E-state index contributed by atoms with van der Waals surface area (Å²) < 4.78 is 24.4. The molecule has 1 heterocycles. The van der Waals surface area contributed by atoms with E-state index in [-0.39, 0.29) is 12.2 Å². The van der Waals surface area contributed by atoms with Crippen molar-refractivity contribution in [3.05, 3.63) is 29.6 Å². The number of aliphatic carboxylic acids is 1. The molecule has 104 valence electrons.